The maximum absolute atomic E-state index is 8.59. The number of hydrogen-bond donors (Lipinski definition) is 0. The Morgan fingerprint density at radius 2 is 2.22 bits per heavy atom. The van der Waals surface area contributed by atoms with E-state index in [4.69, 9.17) is 19.3 Å². The summed E-state index contributed by atoms with van der Waals surface area (Å²) in [5.74, 6) is 0. The number of hydrogen-bond acceptors (Lipinski definition) is 4. The number of nitrogens with zero attached hydrogens (tertiary/aromatic N) is 3. The lowest BCUT2D eigenvalue weighted by Crippen LogP contribution is -2.44. The molecule has 1 aliphatic rings. The van der Waals surface area contributed by atoms with Crippen molar-refractivity contribution in [3.63, 3.8) is 0 Å². The van der Waals surface area contributed by atoms with Crippen LogP contribution in [0.25, 0.3) is 10.4 Å². The van der Waals surface area contributed by atoms with Crippen molar-refractivity contribution in [1.82, 2.24) is 0 Å². The van der Waals surface area contributed by atoms with Gasteiger partial charge in [-0.2, -0.15) is 0 Å². The van der Waals surface area contributed by atoms with Crippen LogP contribution in [-0.2, 0) is 13.7 Å². The minimum absolute atomic E-state index is 0.132. The van der Waals surface area contributed by atoms with E-state index in [-0.39, 0.29) is 17.2 Å². The monoisotopic (exact) mass is 270 g/mol. The van der Waals surface area contributed by atoms with Gasteiger partial charge in [0.05, 0.1) is 18.8 Å². The molecule has 1 fully saturated rings. The zero-order valence-corrected chi connectivity index (χ0v) is 12.7. The van der Waals surface area contributed by atoms with Crippen LogP contribution in [0.3, 0.4) is 0 Å². The van der Waals surface area contributed by atoms with Crippen molar-refractivity contribution in [1.29, 1.82) is 0 Å². The van der Waals surface area contributed by atoms with Gasteiger partial charge in [-0.1, -0.05) is 25.9 Å². The smallest absolute Gasteiger partial charge is 0.416 e. The van der Waals surface area contributed by atoms with Gasteiger partial charge in [0.1, 0.15) is 0 Å². The van der Waals surface area contributed by atoms with Crippen LogP contribution in [0.15, 0.2) is 5.11 Å². The fourth-order valence-electron chi connectivity index (χ4n) is 1.28. The first-order valence-corrected chi connectivity index (χ1v) is 8.95. The maximum Gasteiger partial charge on any atom is 0.488 e. The average Bonchev–Trinajstić information content (AvgIpc) is 2.75. The topological polar surface area (TPSA) is 76.5 Å². The molecule has 0 aromatic heterocycles. The molecule has 18 heavy (non-hydrogen) atoms. The molecule has 0 amide bonds. The van der Waals surface area contributed by atoms with Crippen molar-refractivity contribution < 1.29 is 13.7 Å². The van der Waals surface area contributed by atoms with Crippen LogP contribution >= 0.6 is 0 Å². The SMILES string of the molecule is CC(C)(C)[Si](C)(C)OC[C@H](N=[N+]=[N-])[C@H]1CO[B]O1. The third-order valence-electron chi connectivity index (χ3n) is 3.61. The highest BCUT2D eigenvalue weighted by Crippen LogP contribution is 2.36. The average molecular weight is 270 g/mol. The predicted octanol–water partition coefficient (Wildman–Crippen LogP) is 2.64. The van der Waals surface area contributed by atoms with E-state index < -0.39 is 8.32 Å². The summed E-state index contributed by atoms with van der Waals surface area (Å²) in [5, 5.41) is 3.88. The van der Waals surface area contributed by atoms with E-state index in [1.165, 1.54) is 7.69 Å². The van der Waals surface area contributed by atoms with Gasteiger partial charge >= 0.3 is 7.69 Å². The summed E-state index contributed by atoms with van der Waals surface area (Å²) >= 11 is 0. The molecular weight excluding hydrogens is 249 g/mol. The van der Waals surface area contributed by atoms with Gasteiger partial charge < -0.3 is 13.7 Å². The Hall–Kier alpha value is -0.528. The molecule has 0 bridgehead atoms. The number of rotatable bonds is 5. The lowest BCUT2D eigenvalue weighted by molar-refractivity contribution is 0.151. The molecule has 1 aliphatic heterocycles. The summed E-state index contributed by atoms with van der Waals surface area (Å²) in [4.78, 5) is 2.85. The van der Waals surface area contributed by atoms with Gasteiger partial charge in [0.15, 0.2) is 8.32 Å². The lowest BCUT2D eigenvalue weighted by atomic mass is 10.2. The molecule has 0 unspecified atom stereocenters. The zero-order valence-electron chi connectivity index (χ0n) is 11.7. The van der Waals surface area contributed by atoms with E-state index in [0.29, 0.717) is 13.2 Å². The summed E-state index contributed by atoms with van der Waals surface area (Å²) in [7, 11) is -0.549. The highest BCUT2D eigenvalue weighted by molar-refractivity contribution is 6.74. The van der Waals surface area contributed by atoms with E-state index in [9.17, 15) is 0 Å². The Labute approximate surface area is 110 Å². The Balaban J connectivity index is 2.59. The van der Waals surface area contributed by atoms with E-state index in [1.807, 2.05) is 0 Å². The molecule has 1 heterocycles. The van der Waals surface area contributed by atoms with Crippen LogP contribution in [0.4, 0.5) is 0 Å². The van der Waals surface area contributed by atoms with Crippen molar-refractivity contribution in [3.8, 4) is 0 Å². The Kier molecular flexibility index (Phi) is 5.24. The van der Waals surface area contributed by atoms with Gasteiger partial charge in [0, 0.05) is 11.5 Å². The molecule has 2 atom stereocenters. The summed E-state index contributed by atoms with van der Waals surface area (Å²) in [5.41, 5.74) is 8.59. The molecule has 0 aromatic carbocycles. The van der Waals surface area contributed by atoms with Crippen LogP contribution in [0.2, 0.25) is 18.1 Å². The molecule has 0 aliphatic carbocycles. The summed E-state index contributed by atoms with van der Waals surface area (Å²) in [6.07, 6.45) is -0.245. The molecule has 8 heteroatoms. The summed E-state index contributed by atoms with van der Waals surface area (Å²) in [6, 6.07) is -0.345. The zero-order chi connectivity index (χ0) is 13.8. The Morgan fingerprint density at radius 1 is 1.56 bits per heavy atom. The van der Waals surface area contributed by atoms with Crippen LogP contribution in [0.5, 0.6) is 0 Å². The van der Waals surface area contributed by atoms with Crippen LogP contribution in [-0.4, -0.2) is 41.4 Å². The molecule has 1 saturated heterocycles. The maximum atomic E-state index is 8.59. The third kappa shape index (κ3) is 4.00. The van der Waals surface area contributed by atoms with Crippen LogP contribution in [0.1, 0.15) is 20.8 Å². The quantitative estimate of drug-likeness (QED) is 0.333. The molecule has 0 N–H and O–H groups in total. The van der Waals surface area contributed by atoms with E-state index in [2.05, 4.69) is 43.9 Å². The van der Waals surface area contributed by atoms with Crippen LogP contribution in [0, 0.1) is 0 Å². The van der Waals surface area contributed by atoms with Gasteiger partial charge in [-0.05, 0) is 23.7 Å². The third-order valence-corrected chi connectivity index (χ3v) is 8.11. The lowest BCUT2D eigenvalue weighted by Gasteiger charge is -2.37. The van der Waals surface area contributed by atoms with E-state index in [0.717, 1.165) is 0 Å². The van der Waals surface area contributed by atoms with Gasteiger partial charge in [0.2, 0.25) is 0 Å². The molecule has 0 saturated carbocycles. The minimum Gasteiger partial charge on any atom is -0.416 e. The fraction of sp³-hybridized carbons (Fsp3) is 1.00. The van der Waals surface area contributed by atoms with Gasteiger partial charge in [-0.25, -0.2) is 0 Å². The molecule has 101 valence electrons. The Bertz CT molecular complexity index is 323. The second kappa shape index (κ2) is 6.08. The number of azide groups is 1. The largest absolute Gasteiger partial charge is 0.488 e. The van der Waals surface area contributed by atoms with Crippen molar-refractivity contribution in [2.24, 2.45) is 5.11 Å². The summed E-state index contributed by atoms with van der Waals surface area (Å²) in [6.45, 7) is 11.6. The highest BCUT2D eigenvalue weighted by atomic mass is 28.4. The normalized spacial score (nSPS) is 22.2. The molecule has 0 aromatic rings. The molecule has 1 rings (SSSR count). The standard InChI is InChI=1S/C10H21BN3O3Si/c1-10(2,3)18(4,5)16-6-8(13-14-12)9-7-15-11-17-9/h8-9H,6-7H2,1-5H3/t8-,9+/m0/s1. The summed E-state index contributed by atoms with van der Waals surface area (Å²) < 4.78 is 16.3. The predicted molar refractivity (Wildman–Crippen MR) is 72.7 cm³/mol. The van der Waals surface area contributed by atoms with Gasteiger partial charge in [0.25, 0.3) is 0 Å². The first-order chi connectivity index (χ1) is 8.28. The van der Waals surface area contributed by atoms with E-state index >= 15 is 0 Å². The highest BCUT2D eigenvalue weighted by Gasteiger charge is 2.38. The molecule has 0 spiro atoms. The van der Waals surface area contributed by atoms with Crippen molar-refractivity contribution >= 4 is 16.0 Å². The van der Waals surface area contributed by atoms with E-state index in [1.54, 1.807) is 0 Å². The Morgan fingerprint density at radius 3 is 2.67 bits per heavy atom. The first kappa shape index (κ1) is 15.5. The second-order valence-corrected chi connectivity index (χ2v) is 10.8. The molecule has 1 radical (unpaired) electrons. The first-order valence-electron chi connectivity index (χ1n) is 6.05. The fourth-order valence-corrected chi connectivity index (χ4v) is 2.30. The van der Waals surface area contributed by atoms with Gasteiger partial charge in [-0.3, -0.25) is 0 Å². The van der Waals surface area contributed by atoms with Crippen LogP contribution < -0.4 is 0 Å². The molecular formula is C10H21BN3O3Si. The van der Waals surface area contributed by atoms with Crippen molar-refractivity contribution in [3.05, 3.63) is 10.4 Å². The molecule has 6 nitrogen and oxygen atoms in total. The second-order valence-electron chi connectivity index (χ2n) is 5.95. The minimum atomic E-state index is -1.84. The van der Waals surface area contributed by atoms with Crippen molar-refractivity contribution in [2.75, 3.05) is 13.2 Å². The van der Waals surface area contributed by atoms with Gasteiger partial charge in [-0.15, -0.1) is 0 Å². The van der Waals surface area contributed by atoms with Crippen molar-refractivity contribution in [2.45, 2.75) is 51.0 Å².